The highest BCUT2D eigenvalue weighted by atomic mass is 32.2. The lowest BCUT2D eigenvalue weighted by Gasteiger charge is -2.17. The van der Waals surface area contributed by atoms with E-state index in [1.807, 2.05) is 0 Å². The average Bonchev–Trinajstić information content (AvgIpc) is 2.42. The van der Waals surface area contributed by atoms with Crippen LogP contribution in [0.15, 0.2) is 0 Å². The van der Waals surface area contributed by atoms with Crippen LogP contribution in [0, 0.1) is 0 Å². The van der Waals surface area contributed by atoms with E-state index in [1.165, 1.54) is 4.90 Å². The number of hydrogen-bond donors (Lipinski definition) is 0. The molecular weight excluding hydrogens is 214 g/mol. The molecule has 1 rings (SSSR count). The minimum Gasteiger partial charge on any atom is -0.282 e. The van der Waals surface area contributed by atoms with Crippen LogP contribution in [0.4, 0.5) is 0 Å². The maximum absolute atomic E-state index is 11.6. The number of rotatable bonds is 3. The van der Waals surface area contributed by atoms with E-state index in [4.69, 9.17) is 0 Å². The van der Waals surface area contributed by atoms with Gasteiger partial charge in [-0.1, -0.05) is 13.3 Å². The summed E-state index contributed by atoms with van der Waals surface area (Å²) in [5.41, 5.74) is 0. The Kier molecular flexibility index (Phi) is 4.94. The monoisotopic (exact) mass is 231 g/mol. The summed E-state index contributed by atoms with van der Waals surface area (Å²) in [4.78, 5) is 24.5. The molecule has 2 amide bonds. The van der Waals surface area contributed by atoms with Crippen LogP contribution < -0.4 is 0 Å². The maximum Gasteiger partial charge on any atom is 0.241 e. The number of likely N-dealkylation sites (tertiary alicyclic amines) is 1. The molecule has 0 bridgehead atoms. The van der Waals surface area contributed by atoms with Crippen molar-refractivity contribution in [3.63, 3.8) is 0 Å². The van der Waals surface area contributed by atoms with Gasteiger partial charge in [-0.2, -0.15) is 0 Å². The SMILES string of the molecule is CCS(=O)CC(=O)N1CCCCCC1=O. The average molecular weight is 231 g/mol. The number of amides is 2. The van der Waals surface area contributed by atoms with Gasteiger partial charge < -0.3 is 0 Å². The predicted molar refractivity (Wildman–Crippen MR) is 58.7 cm³/mol. The molecule has 1 saturated heterocycles. The van der Waals surface area contributed by atoms with Crippen LogP contribution in [0.1, 0.15) is 32.6 Å². The molecule has 86 valence electrons. The van der Waals surface area contributed by atoms with E-state index in [-0.39, 0.29) is 17.6 Å². The molecule has 1 heterocycles. The van der Waals surface area contributed by atoms with Crippen molar-refractivity contribution in [2.75, 3.05) is 18.1 Å². The lowest BCUT2D eigenvalue weighted by molar-refractivity contribution is -0.142. The number of carbonyl (C=O) groups excluding carboxylic acids is 2. The van der Waals surface area contributed by atoms with E-state index in [0.717, 1.165) is 19.3 Å². The first-order valence-corrected chi connectivity index (χ1v) is 6.82. The fraction of sp³-hybridized carbons (Fsp3) is 0.800. The van der Waals surface area contributed by atoms with Crippen LogP contribution in [0.2, 0.25) is 0 Å². The molecule has 0 aromatic carbocycles. The zero-order valence-corrected chi connectivity index (χ0v) is 9.85. The minimum atomic E-state index is -1.12. The van der Waals surface area contributed by atoms with Crippen molar-refractivity contribution in [2.24, 2.45) is 0 Å². The van der Waals surface area contributed by atoms with Gasteiger partial charge in [-0.3, -0.25) is 18.7 Å². The van der Waals surface area contributed by atoms with Crippen LogP contribution in [-0.4, -0.2) is 39.0 Å². The van der Waals surface area contributed by atoms with Crippen LogP contribution >= 0.6 is 0 Å². The molecule has 4 nitrogen and oxygen atoms in total. The lowest BCUT2D eigenvalue weighted by atomic mass is 10.2. The highest BCUT2D eigenvalue weighted by molar-refractivity contribution is 7.85. The second-order valence-electron chi connectivity index (χ2n) is 3.62. The zero-order valence-electron chi connectivity index (χ0n) is 9.03. The van der Waals surface area contributed by atoms with Gasteiger partial charge in [0.25, 0.3) is 0 Å². The van der Waals surface area contributed by atoms with Gasteiger partial charge in [0.05, 0.1) is 0 Å². The highest BCUT2D eigenvalue weighted by Crippen LogP contribution is 2.11. The predicted octanol–water partition coefficient (Wildman–Crippen LogP) is 0.684. The van der Waals surface area contributed by atoms with Crippen molar-refractivity contribution in [3.8, 4) is 0 Å². The number of carbonyl (C=O) groups is 2. The number of nitrogens with zero attached hydrogens (tertiary/aromatic N) is 1. The minimum absolute atomic E-state index is 0.0117. The summed E-state index contributed by atoms with van der Waals surface area (Å²) in [6, 6.07) is 0. The van der Waals surface area contributed by atoms with Gasteiger partial charge in [0.1, 0.15) is 5.75 Å². The molecule has 1 unspecified atom stereocenters. The Labute approximate surface area is 92.5 Å². The Morgan fingerprint density at radius 1 is 1.40 bits per heavy atom. The standard InChI is InChI=1S/C10H17NO3S/c1-2-15(14)8-10(13)11-7-5-3-4-6-9(11)12/h2-8H2,1H3. The Morgan fingerprint density at radius 3 is 2.80 bits per heavy atom. The Balaban J connectivity index is 2.56. The van der Waals surface area contributed by atoms with Gasteiger partial charge in [0.2, 0.25) is 11.8 Å². The fourth-order valence-corrected chi connectivity index (χ4v) is 2.20. The third kappa shape index (κ3) is 3.74. The van der Waals surface area contributed by atoms with Crippen molar-refractivity contribution in [3.05, 3.63) is 0 Å². The topological polar surface area (TPSA) is 54.5 Å². The smallest absolute Gasteiger partial charge is 0.241 e. The van der Waals surface area contributed by atoms with Crippen LogP contribution in [-0.2, 0) is 20.4 Å². The largest absolute Gasteiger partial charge is 0.282 e. The lowest BCUT2D eigenvalue weighted by Crippen LogP contribution is -2.39. The van der Waals surface area contributed by atoms with Gasteiger partial charge in [-0.15, -0.1) is 0 Å². The second kappa shape index (κ2) is 6.00. The van der Waals surface area contributed by atoms with Gasteiger partial charge in [0.15, 0.2) is 0 Å². The highest BCUT2D eigenvalue weighted by Gasteiger charge is 2.23. The van der Waals surface area contributed by atoms with E-state index in [9.17, 15) is 13.8 Å². The van der Waals surface area contributed by atoms with Gasteiger partial charge in [-0.05, 0) is 12.8 Å². The van der Waals surface area contributed by atoms with Crippen LogP contribution in [0.3, 0.4) is 0 Å². The first kappa shape index (κ1) is 12.4. The third-order valence-electron chi connectivity index (χ3n) is 2.48. The molecule has 15 heavy (non-hydrogen) atoms. The first-order chi connectivity index (χ1) is 7.15. The number of imide groups is 1. The molecule has 0 aliphatic carbocycles. The summed E-state index contributed by atoms with van der Waals surface area (Å²) in [6.07, 6.45) is 3.17. The summed E-state index contributed by atoms with van der Waals surface area (Å²) in [5.74, 6) is 0.0726. The van der Waals surface area contributed by atoms with Crippen molar-refractivity contribution < 1.29 is 13.8 Å². The van der Waals surface area contributed by atoms with Gasteiger partial charge in [0, 0.05) is 29.5 Å². The molecule has 0 saturated carbocycles. The zero-order chi connectivity index (χ0) is 11.3. The van der Waals surface area contributed by atoms with Crippen molar-refractivity contribution in [1.29, 1.82) is 0 Å². The van der Waals surface area contributed by atoms with E-state index < -0.39 is 10.8 Å². The fourth-order valence-electron chi connectivity index (χ4n) is 1.56. The Bertz CT molecular complexity index is 278. The quantitative estimate of drug-likeness (QED) is 0.718. The summed E-state index contributed by atoms with van der Waals surface area (Å²) in [5, 5.41) is 0. The molecule has 1 aliphatic heterocycles. The number of hydrogen-bond acceptors (Lipinski definition) is 3. The maximum atomic E-state index is 11.6. The molecule has 0 aromatic rings. The first-order valence-electron chi connectivity index (χ1n) is 5.33. The Morgan fingerprint density at radius 2 is 2.13 bits per heavy atom. The van der Waals surface area contributed by atoms with E-state index in [2.05, 4.69) is 0 Å². The van der Waals surface area contributed by atoms with Crippen molar-refractivity contribution in [2.45, 2.75) is 32.6 Å². The van der Waals surface area contributed by atoms with E-state index >= 15 is 0 Å². The van der Waals surface area contributed by atoms with Gasteiger partial charge >= 0.3 is 0 Å². The molecule has 1 fully saturated rings. The van der Waals surface area contributed by atoms with Gasteiger partial charge in [-0.25, -0.2) is 0 Å². The molecular formula is C10H17NO3S. The molecule has 0 spiro atoms. The summed E-state index contributed by atoms with van der Waals surface area (Å²) in [6.45, 7) is 2.27. The summed E-state index contributed by atoms with van der Waals surface area (Å²) >= 11 is 0. The molecule has 5 heteroatoms. The molecule has 0 radical (unpaired) electrons. The molecule has 0 N–H and O–H groups in total. The normalized spacial score (nSPS) is 19.8. The molecule has 0 aromatic heterocycles. The summed E-state index contributed by atoms with van der Waals surface area (Å²) < 4.78 is 11.2. The molecule has 1 atom stereocenters. The second-order valence-corrected chi connectivity index (χ2v) is 5.37. The van der Waals surface area contributed by atoms with E-state index in [0.29, 0.717) is 18.7 Å². The van der Waals surface area contributed by atoms with Crippen molar-refractivity contribution in [1.82, 2.24) is 4.90 Å². The molecule has 1 aliphatic rings. The van der Waals surface area contributed by atoms with Crippen molar-refractivity contribution >= 4 is 22.6 Å². The summed E-state index contributed by atoms with van der Waals surface area (Å²) in [7, 11) is -1.12. The third-order valence-corrected chi connectivity index (χ3v) is 3.69. The Hall–Kier alpha value is -0.710. The van der Waals surface area contributed by atoms with Crippen LogP contribution in [0.5, 0.6) is 0 Å². The van der Waals surface area contributed by atoms with E-state index in [1.54, 1.807) is 6.92 Å². The van der Waals surface area contributed by atoms with Crippen LogP contribution in [0.25, 0.3) is 0 Å².